The van der Waals surface area contributed by atoms with Crippen molar-refractivity contribution in [3.8, 4) is 0 Å². The van der Waals surface area contributed by atoms with Crippen LogP contribution in [0.1, 0.15) is 40.5 Å². The van der Waals surface area contributed by atoms with E-state index in [1.54, 1.807) is 4.90 Å². The van der Waals surface area contributed by atoms with E-state index in [2.05, 4.69) is 0 Å². The van der Waals surface area contributed by atoms with E-state index >= 15 is 0 Å². The summed E-state index contributed by atoms with van der Waals surface area (Å²) in [4.78, 5) is 27.8. The third-order valence-electron chi connectivity index (χ3n) is 4.30. The van der Waals surface area contributed by atoms with Crippen molar-refractivity contribution in [1.29, 1.82) is 0 Å². The van der Waals surface area contributed by atoms with E-state index in [0.29, 0.717) is 19.6 Å². The molecule has 21 heavy (non-hydrogen) atoms. The van der Waals surface area contributed by atoms with E-state index in [1.165, 1.54) is 0 Å². The van der Waals surface area contributed by atoms with Crippen LogP contribution >= 0.6 is 0 Å². The Morgan fingerprint density at radius 3 is 2.38 bits per heavy atom. The average molecular weight is 297 g/mol. The third kappa shape index (κ3) is 3.31. The van der Waals surface area contributed by atoms with Gasteiger partial charge in [0.15, 0.2) is 0 Å². The lowest BCUT2D eigenvalue weighted by molar-refractivity contribution is -0.163. The topological polar surface area (TPSA) is 75.9 Å². The first-order valence-electron chi connectivity index (χ1n) is 7.65. The van der Waals surface area contributed by atoms with Gasteiger partial charge in [-0.15, -0.1) is 0 Å². The highest BCUT2D eigenvalue weighted by molar-refractivity contribution is 5.89. The number of amides is 2. The fourth-order valence-corrected chi connectivity index (χ4v) is 2.90. The predicted molar refractivity (Wildman–Crippen MR) is 79.7 cm³/mol. The molecular formula is C15H27N3O3. The van der Waals surface area contributed by atoms with Gasteiger partial charge in [-0.05, 0) is 40.5 Å². The fraction of sp³-hybridized carbons (Fsp3) is 0.867. The molecule has 0 saturated carbocycles. The van der Waals surface area contributed by atoms with Crippen LogP contribution < -0.4 is 5.73 Å². The largest absolute Gasteiger partial charge is 0.444 e. The van der Waals surface area contributed by atoms with Gasteiger partial charge in [0.25, 0.3) is 0 Å². The van der Waals surface area contributed by atoms with Crippen molar-refractivity contribution < 1.29 is 14.3 Å². The highest BCUT2D eigenvalue weighted by Gasteiger charge is 2.50. The molecule has 2 heterocycles. The van der Waals surface area contributed by atoms with Crippen molar-refractivity contribution in [2.24, 2.45) is 11.1 Å². The minimum absolute atomic E-state index is 0.153. The van der Waals surface area contributed by atoms with Crippen LogP contribution in [0.5, 0.6) is 0 Å². The number of rotatable bonds is 2. The zero-order chi connectivity index (χ0) is 15.8. The quantitative estimate of drug-likeness (QED) is 0.777. The summed E-state index contributed by atoms with van der Waals surface area (Å²) in [5.74, 6) is 0.153. The summed E-state index contributed by atoms with van der Waals surface area (Å²) in [7, 11) is 0. The number of ether oxygens (including phenoxy) is 1. The summed E-state index contributed by atoms with van der Waals surface area (Å²) in [5.41, 5.74) is 4.81. The van der Waals surface area contributed by atoms with Gasteiger partial charge in [0.05, 0.1) is 5.41 Å². The first-order valence-corrected chi connectivity index (χ1v) is 7.65. The monoisotopic (exact) mass is 297 g/mol. The number of nitrogens with zero attached hydrogens (tertiary/aromatic N) is 2. The predicted octanol–water partition coefficient (Wildman–Crippen LogP) is 1.19. The van der Waals surface area contributed by atoms with Crippen LogP contribution in [0.25, 0.3) is 0 Å². The van der Waals surface area contributed by atoms with E-state index in [1.807, 2.05) is 32.6 Å². The molecule has 2 fully saturated rings. The standard InChI is InChI=1S/C15H27N3O3/c1-14(2,3)21-13(20)17-7-5-11(6-8-17)18-10-15(4,9-16)12(18)19/h11H,5-10,16H2,1-4H3. The van der Waals surface area contributed by atoms with Gasteiger partial charge in [0.1, 0.15) is 5.60 Å². The molecule has 2 rings (SSSR count). The number of β-lactam (4-membered cyclic amide) rings is 1. The molecule has 0 aromatic carbocycles. The van der Waals surface area contributed by atoms with Gasteiger partial charge in [0.2, 0.25) is 5.91 Å². The highest BCUT2D eigenvalue weighted by atomic mass is 16.6. The fourth-order valence-electron chi connectivity index (χ4n) is 2.90. The molecule has 2 aliphatic heterocycles. The molecule has 0 bridgehead atoms. The van der Waals surface area contributed by atoms with Crippen LogP contribution in [0.15, 0.2) is 0 Å². The molecule has 120 valence electrons. The number of likely N-dealkylation sites (tertiary alicyclic amines) is 2. The SMILES string of the molecule is CC(C)(C)OC(=O)N1CCC(N2CC(C)(CN)C2=O)CC1. The lowest BCUT2D eigenvalue weighted by Gasteiger charge is -2.51. The first-order chi connectivity index (χ1) is 9.66. The second-order valence-electron chi connectivity index (χ2n) is 7.40. The maximum absolute atomic E-state index is 12.2. The Kier molecular flexibility index (Phi) is 4.19. The van der Waals surface area contributed by atoms with Gasteiger partial charge in [-0.2, -0.15) is 0 Å². The number of hydrogen-bond donors (Lipinski definition) is 1. The Morgan fingerprint density at radius 1 is 1.38 bits per heavy atom. The molecule has 2 N–H and O–H groups in total. The summed E-state index contributed by atoms with van der Waals surface area (Å²) in [6.45, 7) is 9.93. The number of nitrogens with two attached hydrogens (primary N) is 1. The van der Waals surface area contributed by atoms with Gasteiger partial charge in [-0.25, -0.2) is 4.79 Å². The second-order valence-corrected chi connectivity index (χ2v) is 7.40. The molecule has 1 unspecified atom stereocenters. The Labute approximate surface area is 126 Å². The maximum atomic E-state index is 12.2. The van der Waals surface area contributed by atoms with Crippen LogP contribution in [-0.2, 0) is 9.53 Å². The molecule has 1 atom stereocenters. The minimum Gasteiger partial charge on any atom is -0.444 e. The van der Waals surface area contributed by atoms with E-state index < -0.39 is 5.60 Å². The second kappa shape index (κ2) is 5.48. The molecule has 0 aliphatic carbocycles. The smallest absolute Gasteiger partial charge is 0.410 e. The third-order valence-corrected chi connectivity index (χ3v) is 4.30. The summed E-state index contributed by atoms with van der Waals surface area (Å²) >= 11 is 0. The van der Waals surface area contributed by atoms with Gasteiger partial charge in [0, 0.05) is 32.2 Å². The normalized spacial score (nSPS) is 27.6. The number of carbonyl (C=O) groups excluding carboxylic acids is 2. The minimum atomic E-state index is -0.468. The van der Waals surface area contributed by atoms with Crippen LogP contribution in [0.4, 0.5) is 4.79 Å². The Balaban J connectivity index is 1.82. The van der Waals surface area contributed by atoms with Crippen LogP contribution in [0.2, 0.25) is 0 Å². The van der Waals surface area contributed by atoms with Gasteiger partial charge in [-0.3, -0.25) is 4.79 Å². The molecule has 0 radical (unpaired) electrons. The van der Waals surface area contributed by atoms with E-state index in [0.717, 1.165) is 19.4 Å². The Morgan fingerprint density at radius 2 is 1.95 bits per heavy atom. The van der Waals surface area contributed by atoms with Crippen molar-refractivity contribution >= 4 is 12.0 Å². The average Bonchev–Trinajstić information content (AvgIpc) is 2.42. The molecule has 0 aromatic heterocycles. The molecule has 0 spiro atoms. The molecule has 2 amide bonds. The van der Waals surface area contributed by atoms with Crippen molar-refractivity contribution in [2.75, 3.05) is 26.2 Å². The highest BCUT2D eigenvalue weighted by Crippen LogP contribution is 2.34. The Bertz CT molecular complexity index is 424. The Hall–Kier alpha value is -1.30. The van der Waals surface area contributed by atoms with Crippen molar-refractivity contribution in [2.45, 2.75) is 52.2 Å². The molecule has 0 aromatic rings. The van der Waals surface area contributed by atoms with Crippen molar-refractivity contribution in [1.82, 2.24) is 9.80 Å². The van der Waals surface area contributed by atoms with Gasteiger partial charge in [-0.1, -0.05) is 0 Å². The lowest BCUT2D eigenvalue weighted by Crippen LogP contribution is -2.67. The van der Waals surface area contributed by atoms with Crippen molar-refractivity contribution in [3.05, 3.63) is 0 Å². The van der Waals surface area contributed by atoms with Gasteiger partial charge < -0.3 is 20.3 Å². The summed E-state index contributed by atoms with van der Waals surface area (Å²) in [5, 5.41) is 0. The zero-order valence-electron chi connectivity index (χ0n) is 13.5. The summed E-state index contributed by atoms with van der Waals surface area (Å²) in [6, 6.07) is 0.232. The van der Waals surface area contributed by atoms with Crippen LogP contribution in [-0.4, -0.2) is 59.6 Å². The van der Waals surface area contributed by atoms with E-state index in [-0.39, 0.29) is 23.5 Å². The molecule has 6 heteroatoms. The zero-order valence-corrected chi connectivity index (χ0v) is 13.5. The molecular weight excluding hydrogens is 270 g/mol. The summed E-state index contributed by atoms with van der Waals surface area (Å²) in [6.07, 6.45) is 1.36. The number of hydrogen-bond acceptors (Lipinski definition) is 4. The van der Waals surface area contributed by atoms with Crippen LogP contribution in [0.3, 0.4) is 0 Å². The van der Waals surface area contributed by atoms with Crippen LogP contribution in [0, 0.1) is 5.41 Å². The molecule has 6 nitrogen and oxygen atoms in total. The molecule has 2 saturated heterocycles. The van der Waals surface area contributed by atoms with Crippen molar-refractivity contribution in [3.63, 3.8) is 0 Å². The number of piperidine rings is 1. The van der Waals surface area contributed by atoms with E-state index in [4.69, 9.17) is 10.5 Å². The van der Waals surface area contributed by atoms with E-state index in [9.17, 15) is 9.59 Å². The van der Waals surface area contributed by atoms with Gasteiger partial charge >= 0.3 is 6.09 Å². The lowest BCUT2D eigenvalue weighted by atomic mass is 9.79. The molecule has 2 aliphatic rings. The first kappa shape index (κ1) is 16.1. The number of carbonyl (C=O) groups is 2. The summed E-state index contributed by atoms with van der Waals surface area (Å²) < 4.78 is 5.37. The maximum Gasteiger partial charge on any atom is 0.410 e.